The third-order valence-corrected chi connectivity index (χ3v) is 3.45. The summed E-state index contributed by atoms with van der Waals surface area (Å²) in [6.07, 6.45) is 0. The van der Waals surface area contributed by atoms with Gasteiger partial charge in [0, 0.05) is 23.7 Å². The van der Waals surface area contributed by atoms with Crippen molar-refractivity contribution in [1.29, 1.82) is 0 Å². The molecule has 0 saturated carbocycles. The highest BCUT2D eigenvalue weighted by Crippen LogP contribution is 2.18. The Morgan fingerprint density at radius 2 is 2.00 bits per heavy atom. The molecule has 7 heteroatoms. The van der Waals surface area contributed by atoms with Crippen molar-refractivity contribution in [1.82, 2.24) is 5.32 Å². The lowest BCUT2D eigenvalue weighted by atomic mass is 10.1. The monoisotopic (exact) mass is 352 g/mol. The van der Waals surface area contributed by atoms with Crippen LogP contribution in [0.2, 0.25) is 0 Å². The summed E-state index contributed by atoms with van der Waals surface area (Å²) in [4.78, 5) is 22.2. The van der Waals surface area contributed by atoms with Gasteiger partial charge in [0.25, 0.3) is 11.6 Å². The summed E-state index contributed by atoms with van der Waals surface area (Å²) in [5.74, 6) is -1.05. The molecule has 2 rings (SSSR count). The van der Waals surface area contributed by atoms with Gasteiger partial charge in [0.15, 0.2) is 0 Å². The van der Waals surface area contributed by atoms with Crippen LogP contribution in [0, 0.1) is 15.9 Å². The first-order valence-corrected chi connectivity index (χ1v) is 6.74. The second-order valence-corrected chi connectivity index (χ2v) is 5.05. The van der Waals surface area contributed by atoms with Crippen LogP contribution >= 0.6 is 15.9 Å². The number of nitrogens with one attached hydrogen (secondary N) is 1. The molecule has 1 amide bonds. The van der Waals surface area contributed by atoms with Crippen LogP contribution in [0.5, 0.6) is 0 Å². The summed E-state index contributed by atoms with van der Waals surface area (Å²) >= 11 is 3.00. The molecule has 0 saturated heterocycles. The largest absolute Gasteiger partial charge is 0.348 e. The minimum atomic E-state index is -0.548. The molecule has 0 spiro atoms. The average molecular weight is 353 g/mol. The van der Waals surface area contributed by atoms with Gasteiger partial charge in [-0.05, 0) is 34.1 Å². The predicted octanol–water partition coefficient (Wildman–Crippen LogP) is 3.43. The summed E-state index contributed by atoms with van der Waals surface area (Å²) in [5, 5.41) is 13.4. The first-order chi connectivity index (χ1) is 9.99. The first-order valence-electron chi connectivity index (χ1n) is 5.94. The SMILES string of the molecule is O=C(NCc1ccccc1[N+](=O)[O-])c1ccc(Br)c(F)c1. The molecule has 5 nitrogen and oxygen atoms in total. The molecule has 0 aliphatic heterocycles. The summed E-state index contributed by atoms with van der Waals surface area (Å²) in [7, 11) is 0. The zero-order valence-corrected chi connectivity index (χ0v) is 12.3. The van der Waals surface area contributed by atoms with Crippen LogP contribution in [0.25, 0.3) is 0 Å². The number of nitrogens with zero attached hydrogens (tertiary/aromatic N) is 1. The highest BCUT2D eigenvalue weighted by molar-refractivity contribution is 9.10. The van der Waals surface area contributed by atoms with Crippen LogP contribution in [0.15, 0.2) is 46.9 Å². The number of hydrogen-bond donors (Lipinski definition) is 1. The zero-order valence-electron chi connectivity index (χ0n) is 10.7. The molecule has 0 radical (unpaired) electrons. The van der Waals surface area contributed by atoms with Gasteiger partial charge in [-0.3, -0.25) is 14.9 Å². The Kier molecular flexibility index (Phi) is 4.64. The van der Waals surface area contributed by atoms with Crippen LogP contribution in [-0.4, -0.2) is 10.8 Å². The van der Waals surface area contributed by atoms with E-state index in [0.717, 1.165) is 6.07 Å². The number of hydrogen-bond acceptors (Lipinski definition) is 3. The molecule has 0 heterocycles. The van der Waals surface area contributed by atoms with Gasteiger partial charge < -0.3 is 5.32 Å². The highest BCUT2D eigenvalue weighted by Gasteiger charge is 2.14. The van der Waals surface area contributed by atoms with E-state index in [1.807, 2.05) is 0 Å². The minimum Gasteiger partial charge on any atom is -0.348 e. The molecular formula is C14H10BrFN2O3. The molecule has 0 aliphatic rings. The molecule has 0 aliphatic carbocycles. The standard InChI is InChI=1S/C14H10BrFN2O3/c15-11-6-5-9(7-12(11)16)14(19)17-8-10-3-1-2-4-13(10)18(20)21/h1-7H,8H2,(H,17,19). The molecule has 2 aromatic carbocycles. The number of amides is 1. The Morgan fingerprint density at radius 1 is 1.29 bits per heavy atom. The van der Waals surface area contributed by atoms with Crippen molar-refractivity contribution in [2.75, 3.05) is 0 Å². The number of halogens is 2. The van der Waals surface area contributed by atoms with Crippen LogP contribution < -0.4 is 5.32 Å². The number of benzene rings is 2. The van der Waals surface area contributed by atoms with E-state index in [1.165, 1.54) is 18.2 Å². The van der Waals surface area contributed by atoms with E-state index >= 15 is 0 Å². The maximum absolute atomic E-state index is 13.4. The fourth-order valence-electron chi connectivity index (χ4n) is 1.75. The van der Waals surface area contributed by atoms with Gasteiger partial charge >= 0.3 is 0 Å². The smallest absolute Gasteiger partial charge is 0.274 e. The van der Waals surface area contributed by atoms with E-state index in [9.17, 15) is 19.3 Å². The van der Waals surface area contributed by atoms with E-state index in [0.29, 0.717) is 5.56 Å². The van der Waals surface area contributed by atoms with E-state index in [1.54, 1.807) is 18.2 Å². The van der Waals surface area contributed by atoms with Crippen LogP contribution in [-0.2, 0) is 6.54 Å². The number of nitro groups is 1. The Labute approximate surface area is 128 Å². The number of para-hydroxylation sites is 1. The topological polar surface area (TPSA) is 72.2 Å². The Bertz CT molecular complexity index is 706. The molecule has 108 valence electrons. The van der Waals surface area contributed by atoms with Gasteiger partial charge in [-0.2, -0.15) is 0 Å². The van der Waals surface area contributed by atoms with Crippen molar-refractivity contribution in [3.8, 4) is 0 Å². The van der Waals surface area contributed by atoms with Crippen LogP contribution in [0.3, 0.4) is 0 Å². The third kappa shape index (κ3) is 3.63. The second-order valence-electron chi connectivity index (χ2n) is 4.20. The fourth-order valence-corrected chi connectivity index (χ4v) is 2.00. The normalized spacial score (nSPS) is 10.2. The molecule has 0 bridgehead atoms. The maximum Gasteiger partial charge on any atom is 0.274 e. The van der Waals surface area contributed by atoms with Crippen LogP contribution in [0.4, 0.5) is 10.1 Å². The average Bonchev–Trinajstić information content (AvgIpc) is 2.47. The maximum atomic E-state index is 13.4. The second kappa shape index (κ2) is 6.45. The zero-order chi connectivity index (χ0) is 15.4. The molecule has 0 fully saturated rings. The first kappa shape index (κ1) is 15.1. The highest BCUT2D eigenvalue weighted by atomic mass is 79.9. The minimum absolute atomic E-state index is 0.00628. The van der Waals surface area contributed by atoms with Crippen molar-refractivity contribution in [3.63, 3.8) is 0 Å². The van der Waals surface area contributed by atoms with Gasteiger partial charge in [-0.15, -0.1) is 0 Å². The van der Waals surface area contributed by atoms with Gasteiger partial charge in [0.2, 0.25) is 0 Å². The van der Waals surface area contributed by atoms with E-state index in [4.69, 9.17) is 0 Å². The summed E-state index contributed by atoms with van der Waals surface area (Å²) < 4.78 is 13.6. The molecule has 0 aromatic heterocycles. The summed E-state index contributed by atoms with van der Waals surface area (Å²) in [6, 6.07) is 10.1. The molecule has 21 heavy (non-hydrogen) atoms. The lowest BCUT2D eigenvalue weighted by molar-refractivity contribution is -0.385. The van der Waals surface area contributed by atoms with E-state index in [2.05, 4.69) is 21.2 Å². The predicted molar refractivity (Wildman–Crippen MR) is 78.4 cm³/mol. The lowest BCUT2D eigenvalue weighted by Gasteiger charge is -2.06. The van der Waals surface area contributed by atoms with E-state index in [-0.39, 0.29) is 22.3 Å². The Hall–Kier alpha value is -2.28. The lowest BCUT2D eigenvalue weighted by Crippen LogP contribution is -2.23. The molecule has 1 N–H and O–H groups in total. The molecule has 0 atom stereocenters. The van der Waals surface area contributed by atoms with Gasteiger partial charge in [0.05, 0.1) is 9.40 Å². The number of nitro benzene ring substituents is 1. The van der Waals surface area contributed by atoms with Gasteiger partial charge in [-0.1, -0.05) is 18.2 Å². The van der Waals surface area contributed by atoms with Crippen LogP contribution in [0.1, 0.15) is 15.9 Å². The quantitative estimate of drug-likeness (QED) is 0.676. The number of carbonyl (C=O) groups is 1. The van der Waals surface area contributed by atoms with E-state index < -0.39 is 16.6 Å². The number of rotatable bonds is 4. The van der Waals surface area contributed by atoms with Gasteiger partial charge in [0.1, 0.15) is 5.82 Å². The van der Waals surface area contributed by atoms with Crippen molar-refractivity contribution >= 4 is 27.5 Å². The molecular weight excluding hydrogens is 343 g/mol. The van der Waals surface area contributed by atoms with Crippen molar-refractivity contribution in [2.45, 2.75) is 6.54 Å². The van der Waals surface area contributed by atoms with Crippen molar-refractivity contribution in [2.24, 2.45) is 0 Å². The van der Waals surface area contributed by atoms with Crippen molar-refractivity contribution in [3.05, 3.63) is 74.0 Å². The Morgan fingerprint density at radius 3 is 2.67 bits per heavy atom. The van der Waals surface area contributed by atoms with Crippen molar-refractivity contribution < 1.29 is 14.1 Å². The fraction of sp³-hybridized carbons (Fsp3) is 0.0714. The molecule has 0 unspecified atom stereocenters. The summed E-state index contributed by atoms with van der Waals surface area (Å²) in [5.41, 5.74) is 0.461. The molecule has 2 aromatic rings. The number of carbonyl (C=O) groups excluding carboxylic acids is 1. The summed E-state index contributed by atoms with van der Waals surface area (Å²) in [6.45, 7) is -0.00628. The Balaban J connectivity index is 2.11. The van der Waals surface area contributed by atoms with Gasteiger partial charge in [-0.25, -0.2) is 4.39 Å². The third-order valence-electron chi connectivity index (χ3n) is 2.81.